The van der Waals surface area contributed by atoms with Crippen molar-refractivity contribution >= 4 is 17.7 Å². The summed E-state index contributed by atoms with van der Waals surface area (Å²) in [5.41, 5.74) is 8.08. The zero-order chi connectivity index (χ0) is 16.0. The first-order chi connectivity index (χ1) is 9.96. The molecule has 1 aromatic rings. The summed E-state index contributed by atoms with van der Waals surface area (Å²) in [4.78, 5) is 17.6. The Morgan fingerprint density at radius 2 is 2.00 bits per heavy atom. The minimum absolute atomic E-state index is 0.0885. The Bertz CT molecular complexity index is 541. The average molecular weight is 292 g/mol. The van der Waals surface area contributed by atoms with Gasteiger partial charge in [0.2, 0.25) is 0 Å². The van der Waals surface area contributed by atoms with E-state index >= 15 is 0 Å². The molecule has 0 saturated heterocycles. The number of benzene rings is 1. The Hall–Kier alpha value is -2.24. The number of hydrogen-bond donors (Lipinski definition) is 3. The molecule has 0 bridgehead atoms. The molecule has 1 rings (SSSR count). The van der Waals surface area contributed by atoms with Gasteiger partial charge in [-0.2, -0.15) is 0 Å². The summed E-state index contributed by atoms with van der Waals surface area (Å²) in [6.45, 7) is 6.29. The van der Waals surface area contributed by atoms with Crippen molar-refractivity contribution in [1.82, 2.24) is 5.32 Å². The van der Waals surface area contributed by atoms with E-state index in [1.165, 1.54) is 4.90 Å². The monoisotopic (exact) mass is 292 g/mol. The zero-order valence-corrected chi connectivity index (χ0v) is 13.1. The molecule has 0 aliphatic carbocycles. The van der Waals surface area contributed by atoms with Crippen molar-refractivity contribution in [2.75, 3.05) is 18.5 Å². The molecule has 0 aliphatic rings. The van der Waals surface area contributed by atoms with E-state index in [-0.39, 0.29) is 17.7 Å². The maximum Gasteiger partial charge on any atom is 0.328 e. The highest BCUT2D eigenvalue weighted by Crippen LogP contribution is 2.32. The first-order valence-corrected chi connectivity index (χ1v) is 7.14. The van der Waals surface area contributed by atoms with Crippen molar-refractivity contribution in [3.05, 3.63) is 23.3 Å². The number of amides is 2. The molecule has 0 atom stereocenters. The predicted octanol–water partition coefficient (Wildman–Crippen LogP) is 2.00. The van der Waals surface area contributed by atoms with E-state index < -0.39 is 0 Å². The molecule has 0 radical (unpaired) electrons. The third kappa shape index (κ3) is 3.87. The number of carbonyl (C=O) groups is 1. The molecule has 0 unspecified atom stereocenters. The van der Waals surface area contributed by atoms with Crippen LogP contribution in [0.2, 0.25) is 0 Å². The Labute approximate surface area is 125 Å². The molecule has 6 nitrogen and oxygen atoms in total. The van der Waals surface area contributed by atoms with Crippen LogP contribution in [-0.4, -0.2) is 30.7 Å². The predicted molar refractivity (Wildman–Crippen MR) is 86.0 cm³/mol. The van der Waals surface area contributed by atoms with Crippen LogP contribution in [-0.2, 0) is 12.8 Å². The van der Waals surface area contributed by atoms with Gasteiger partial charge in [0.05, 0.1) is 5.69 Å². The number of rotatable bonds is 4. The first-order valence-electron chi connectivity index (χ1n) is 7.14. The van der Waals surface area contributed by atoms with Crippen molar-refractivity contribution in [1.29, 1.82) is 0 Å². The number of anilines is 1. The van der Waals surface area contributed by atoms with Crippen molar-refractivity contribution in [2.45, 2.75) is 33.6 Å². The molecule has 4 N–H and O–H groups in total. The number of nitrogens with zero attached hydrogens (tertiary/aromatic N) is 2. The topological polar surface area (TPSA) is 90.9 Å². The summed E-state index contributed by atoms with van der Waals surface area (Å²) in [7, 11) is 1.65. The number of nitrogens with two attached hydrogens (primary N) is 1. The second-order valence-electron chi connectivity index (χ2n) is 4.63. The lowest BCUT2D eigenvalue weighted by Gasteiger charge is -2.24. The van der Waals surface area contributed by atoms with Crippen molar-refractivity contribution < 1.29 is 9.90 Å². The van der Waals surface area contributed by atoms with E-state index in [0.29, 0.717) is 13.0 Å². The number of guanidine groups is 1. The van der Waals surface area contributed by atoms with Gasteiger partial charge in [-0.15, -0.1) is 0 Å². The van der Waals surface area contributed by atoms with E-state index in [9.17, 15) is 9.90 Å². The van der Waals surface area contributed by atoms with Crippen LogP contribution in [0, 0.1) is 0 Å². The largest absolute Gasteiger partial charge is 0.508 e. The molecule has 0 heterocycles. The molecule has 1 aromatic carbocycles. The highest BCUT2D eigenvalue weighted by Gasteiger charge is 2.20. The van der Waals surface area contributed by atoms with E-state index in [1.54, 1.807) is 13.1 Å². The maximum atomic E-state index is 12.2. The smallest absolute Gasteiger partial charge is 0.328 e. The Morgan fingerprint density at radius 1 is 1.33 bits per heavy atom. The molecule has 0 saturated carbocycles. The summed E-state index contributed by atoms with van der Waals surface area (Å²) >= 11 is 0. The van der Waals surface area contributed by atoms with E-state index in [4.69, 9.17) is 5.73 Å². The number of urea groups is 1. The minimum atomic E-state index is -0.375. The summed E-state index contributed by atoms with van der Waals surface area (Å²) in [6, 6.07) is 3.12. The number of aliphatic imine (C=N–C) groups is 1. The second-order valence-corrected chi connectivity index (χ2v) is 4.63. The van der Waals surface area contributed by atoms with Crippen LogP contribution in [0.1, 0.15) is 31.9 Å². The molecule has 0 aliphatic heterocycles. The third-order valence-electron chi connectivity index (χ3n) is 3.28. The van der Waals surface area contributed by atoms with Crippen LogP contribution >= 0.6 is 0 Å². The van der Waals surface area contributed by atoms with Gasteiger partial charge in [-0.1, -0.05) is 19.9 Å². The lowest BCUT2D eigenvalue weighted by atomic mass is 10.0. The maximum absolute atomic E-state index is 12.2. The molecule has 2 amide bonds. The summed E-state index contributed by atoms with van der Waals surface area (Å²) in [6.07, 6.45) is 1.39. The van der Waals surface area contributed by atoms with Crippen LogP contribution in [0.4, 0.5) is 10.5 Å². The van der Waals surface area contributed by atoms with E-state index in [1.807, 2.05) is 26.8 Å². The van der Waals surface area contributed by atoms with Crippen molar-refractivity contribution in [2.24, 2.45) is 10.7 Å². The van der Waals surface area contributed by atoms with Crippen molar-refractivity contribution in [3.8, 4) is 5.75 Å². The van der Waals surface area contributed by atoms with Gasteiger partial charge in [0.15, 0.2) is 5.96 Å². The van der Waals surface area contributed by atoms with Gasteiger partial charge in [0, 0.05) is 19.2 Å². The molecule has 0 fully saturated rings. The average Bonchev–Trinajstić information content (AvgIpc) is 2.46. The SMILES string of the molecule is CCN=C(N)NC(=O)N(C)c1c(CC)ccc(O)c1CC. The fourth-order valence-electron chi connectivity index (χ4n) is 2.23. The van der Waals surface area contributed by atoms with Gasteiger partial charge in [-0.3, -0.25) is 15.2 Å². The van der Waals surface area contributed by atoms with Crippen molar-refractivity contribution in [3.63, 3.8) is 0 Å². The lowest BCUT2D eigenvalue weighted by Crippen LogP contribution is -2.45. The van der Waals surface area contributed by atoms with Crippen LogP contribution < -0.4 is 16.0 Å². The number of aromatic hydroxyl groups is 1. The third-order valence-corrected chi connectivity index (χ3v) is 3.28. The normalized spacial score (nSPS) is 11.3. The van der Waals surface area contributed by atoms with E-state index in [0.717, 1.165) is 23.2 Å². The summed E-state index contributed by atoms with van der Waals surface area (Å²) < 4.78 is 0. The highest BCUT2D eigenvalue weighted by atomic mass is 16.3. The first kappa shape index (κ1) is 16.8. The van der Waals surface area contributed by atoms with Gasteiger partial charge in [0.25, 0.3) is 0 Å². The molecule has 6 heteroatoms. The number of nitrogens with one attached hydrogen (secondary N) is 1. The van der Waals surface area contributed by atoms with Gasteiger partial charge >= 0.3 is 6.03 Å². The van der Waals surface area contributed by atoms with E-state index in [2.05, 4.69) is 10.3 Å². The van der Waals surface area contributed by atoms with Crippen LogP contribution in [0.25, 0.3) is 0 Å². The van der Waals surface area contributed by atoms with Crippen LogP contribution in [0.15, 0.2) is 17.1 Å². The highest BCUT2D eigenvalue weighted by molar-refractivity contribution is 6.03. The fourth-order valence-corrected chi connectivity index (χ4v) is 2.23. The quantitative estimate of drug-likeness (QED) is 0.585. The Kier molecular flexibility index (Phi) is 6.02. The Balaban J connectivity index is 3.16. The fraction of sp³-hybridized carbons (Fsp3) is 0.467. The molecular formula is C15H24N4O2. The standard InChI is InChI=1S/C15H24N4O2/c1-5-10-8-9-12(20)11(6-2)13(10)19(4)15(21)18-14(16)17-7-3/h8-9,20H,5-7H2,1-4H3,(H3,16,17,18,21). The zero-order valence-electron chi connectivity index (χ0n) is 13.1. The molecular weight excluding hydrogens is 268 g/mol. The summed E-state index contributed by atoms with van der Waals surface area (Å²) in [5, 5.41) is 12.5. The van der Waals surface area contributed by atoms with Crippen LogP contribution in [0.5, 0.6) is 5.75 Å². The van der Waals surface area contributed by atoms with Gasteiger partial charge in [-0.25, -0.2) is 4.79 Å². The van der Waals surface area contributed by atoms with Crippen LogP contribution in [0.3, 0.4) is 0 Å². The molecule has 0 spiro atoms. The number of phenolic OH excluding ortho intramolecular Hbond substituents is 1. The van der Waals surface area contributed by atoms with Gasteiger partial charge in [0.1, 0.15) is 5.75 Å². The number of hydrogen-bond acceptors (Lipinski definition) is 3. The van der Waals surface area contributed by atoms with Gasteiger partial charge < -0.3 is 10.8 Å². The molecule has 21 heavy (non-hydrogen) atoms. The summed E-state index contributed by atoms with van der Waals surface area (Å²) in [5.74, 6) is 0.283. The lowest BCUT2D eigenvalue weighted by molar-refractivity contribution is 0.251. The number of phenols is 1. The van der Waals surface area contributed by atoms with Gasteiger partial charge in [-0.05, 0) is 31.4 Å². The number of aryl methyl sites for hydroxylation is 1. The molecule has 0 aromatic heterocycles. The molecule has 116 valence electrons. The second kappa shape index (κ2) is 7.52. The number of carbonyl (C=O) groups excluding carboxylic acids is 1. The minimum Gasteiger partial charge on any atom is -0.508 e. The Morgan fingerprint density at radius 3 is 2.52 bits per heavy atom.